The summed E-state index contributed by atoms with van der Waals surface area (Å²) >= 11 is 0. The normalized spacial score (nSPS) is 16.1. The molecule has 0 spiro atoms. The minimum Gasteiger partial charge on any atom is -0.488 e. The molecule has 2 aromatic rings. The third-order valence-corrected chi connectivity index (χ3v) is 3.87. The van der Waals surface area contributed by atoms with E-state index >= 15 is 0 Å². The lowest BCUT2D eigenvalue weighted by molar-refractivity contribution is -0.928. The molecule has 0 N–H and O–H groups in total. The minimum absolute atomic E-state index is 0.772. The van der Waals surface area contributed by atoms with Gasteiger partial charge in [-0.2, -0.15) is 0 Å². The Hall–Kier alpha value is -1.80. The summed E-state index contributed by atoms with van der Waals surface area (Å²) in [5.74, 6) is 0.964. The number of likely N-dealkylation sites (N-methyl/N-ethyl adjacent to an activating group) is 1. The van der Waals surface area contributed by atoms with Crippen molar-refractivity contribution in [2.75, 3.05) is 20.2 Å². The fourth-order valence-electron chi connectivity index (χ4n) is 2.80. The molecule has 2 heteroatoms. The van der Waals surface area contributed by atoms with E-state index in [9.17, 15) is 0 Å². The van der Waals surface area contributed by atoms with Crippen LogP contribution in [-0.2, 0) is 13.1 Å². The van der Waals surface area contributed by atoms with Crippen LogP contribution in [0.2, 0.25) is 0 Å². The molecule has 0 aliphatic carbocycles. The molecule has 0 atom stereocenters. The Labute approximate surface area is 114 Å². The smallest absolute Gasteiger partial charge is 0.137 e. The molecule has 98 valence electrons. The van der Waals surface area contributed by atoms with Gasteiger partial charge in [-0.05, 0) is 12.1 Å². The molecule has 1 aliphatic heterocycles. The van der Waals surface area contributed by atoms with Crippen molar-refractivity contribution in [2.45, 2.75) is 13.1 Å². The van der Waals surface area contributed by atoms with E-state index in [1.807, 2.05) is 30.3 Å². The van der Waals surface area contributed by atoms with Gasteiger partial charge in [-0.25, -0.2) is 0 Å². The zero-order valence-corrected chi connectivity index (χ0v) is 11.4. The van der Waals surface area contributed by atoms with Gasteiger partial charge in [0.1, 0.15) is 32.0 Å². The van der Waals surface area contributed by atoms with Crippen LogP contribution in [0.4, 0.5) is 0 Å². The first-order valence-electron chi connectivity index (χ1n) is 6.83. The van der Waals surface area contributed by atoms with Gasteiger partial charge in [-0.1, -0.05) is 42.5 Å². The number of ether oxygens (including phenoxy) is 1. The van der Waals surface area contributed by atoms with Gasteiger partial charge in [0.05, 0.1) is 7.05 Å². The summed E-state index contributed by atoms with van der Waals surface area (Å²) in [5.41, 5.74) is 2.98. The Bertz CT molecular complexity index is 525. The third kappa shape index (κ3) is 2.79. The highest BCUT2D eigenvalue weighted by Crippen LogP contribution is 2.27. The maximum Gasteiger partial charge on any atom is 0.137 e. The summed E-state index contributed by atoms with van der Waals surface area (Å²) in [4.78, 5) is 0. The number of quaternary nitrogens is 1. The highest BCUT2D eigenvalue weighted by Gasteiger charge is 2.31. The SMILES string of the molecule is C[N+]1(CCOc2ccccc2)Cc2ccccc2C1. The van der Waals surface area contributed by atoms with Crippen LogP contribution in [0.1, 0.15) is 11.1 Å². The lowest BCUT2D eigenvalue weighted by Gasteiger charge is -2.29. The molecule has 0 bridgehead atoms. The van der Waals surface area contributed by atoms with Crippen molar-refractivity contribution < 1.29 is 9.22 Å². The molecule has 0 radical (unpaired) electrons. The molecular formula is C17H20NO+. The van der Waals surface area contributed by atoms with E-state index in [0.29, 0.717) is 0 Å². The number of hydrogen-bond acceptors (Lipinski definition) is 1. The van der Waals surface area contributed by atoms with Crippen molar-refractivity contribution in [1.29, 1.82) is 0 Å². The Kier molecular flexibility index (Phi) is 3.26. The molecule has 0 saturated carbocycles. The topological polar surface area (TPSA) is 9.23 Å². The Morgan fingerprint density at radius 2 is 1.47 bits per heavy atom. The van der Waals surface area contributed by atoms with Crippen molar-refractivity contribution in [3.63, 3.8) is 0 Å². The van der Waals surface area contributed by atoms with Crippen LogP contribution in [0.25, 0.3) is 0 Å². The van der Waals surface area contributed by atoms with Crippen LogP contribution in [0.15, 0.2) is 54.6 Å². The number of rotatable bonds is 4. The molecular weight excluding hydrogens is 234 g/mol. The molecule has 19 heavy (non-hydrogen) atoms. The monoisotopic (exact) mass is 254 g/mol. The molecule has 1 aliphatic rings. The minimum atomic E-state index is 0.772. The zero-order valence-electron chi connectivity index (χ0n) is 11.4. The largest absolute Gasteiger partial charge is 0.488 e. The van der Waals surface area contributed by atoms with Crippen LogP contribution in [-0.4, -0.2) is 24.7 Å². The van der Waals surface area contributed by atoms with Gasteiger partial charge < -0.3 is 9.22 Å². The molecule has 0 fully saturated rings. The van der Waals surface area contributed by atoms with Crippen LogP contribution in [0.5, 0.6) is 5.75 Å². The maximum atomic E-state index is 5.82. The number of benzene rings is 2. The average molecular weight is 254 g/mol. The highest BCUT2D eigenvalue weighted by atomic mass is 16.5. The summed E-state index contributed by atoms with van der Waals surface area (Å²) in [7, 11) is 2.31. The maximum absolute atomic E-state index is 5.82. The van der Waals surface area contributed by atoms with Gasteiger partial charge in [0, 0.05) is 11.1 Å². The van der Waals surface area contributed by atoms with Crippen LogP contribution >= 0.6 is 0 Å². The second-order valence-corrected chi connectivity index (χ2v) is 5.59. The van der Waals surface area contributed by atoms with Crippen molar-refractivity contribution in [3.05, 3.63) is 65.7 Å². The Morgan fingerprint density at radius 3 is 2.11 bits per heavy atom. The molecule has 0 amide bonds. The lowest BCUT2D eigenvalue weighted by atomic mass is 10.1. The summed E-state index contributed by atoms with van der Waals surface area (Å²) < 4.78 is 6.86. The third-order valence-electron chi connectivity index (χ3n) is 3.87. The average Bonchev–Trinajstić information content (AvgIpc) is 2.76. The fraction of sp³-hybridized carbons (Fsp3) is 0.294. The fourth-order valence-corrected chi connectivity index (χ4v) is 2.80. The zero-order chi connectivity index (χ0) is 13.1. The van der Waals surface area contributed by atoms with Crippen molar-refractivity contribution in [1.82, 2.24) is 0 Å². The predicted molar refractivity (Wildman–Crippen MR) is 76.8 cm³/mol. The second-order valence-electron chi connectivity index (χ2n) is 5.59. The van der Waals surface area contributed by atoms with Crippen molar-refractivity contribution in [3.8, 4) is 5.75 Å². The lowest BCUT2D eigenvalue weighted by Crippen LogP contribution is -2.41. The van der Waals surface area contributed by atoms with Crippen LogP contribution in [0, 0.1) is 0 Å². The van der Waals surface area contributed by atoms with Gasteiger partial charge >= 0.3 is 0 Å². The second kappa shape index (κ2) is 5.06. The Balaban J connectivity index is 1.57. The quantitative estimate of drug-likeness (QED) is 0.761. The number of hydrogen-bond donors (Lipinski definition) is 0. The van der Waals surface area contributed by atoms with Gasteiger partial charge in [0.25, 0.3) is 0 Å². The summed E-state index contributed by atoms with van der Waals surface area (Å²) in [6.07, 6.45) is 0. The van der Waals surface area contributed by atoms with Gasteiger partial charge in [-0.3, -0.25) is 0 Å². The first-order chi connectivity index (χ1) is 9.25. The van der Waals surface area contributed by atoms with Crippen LogP contribution in [0.3, 0.4) is 0 Å². The van der Waals surface area contributed by atoms with Crippen LogP contribution < -0.4 is 4.74 Å². The van der Waals surface area contributed by atoms with E-state index in [-0.39, 0.29) is 0 Å². The summed E-state index contributed by atoms with van der Waals surface area (Å²) in [6.45, 7) is 4.06. The van der Waals surface area contributed by atoms with E-state index < -0.39 is 0 Å². The van der Waals surface area contributed by atoms with E-state index in [1.165, 1.54) is 11.1 Å². The molecule has 3 rings (SSSR count). The molecule has 2 aromatic carbocycles. The summed E-state index contributed by atoms with van der Waals surface area (Å²) in [5, 5.41) is 0. The van der Waals surface area contributed by atoms with Gasteiger partial charge in [-0.15, -0.1) is 0 Å². The molecule has 1 heterocycles. The number of nitrogens with zero attached hydrogens (tertiary/aromatic N) is 1. The number of para-hydroxylation sites is 1. The summed E-state index contributed by atoms with van der Waals surface area (Å²) in [6, 6.07) is 18.8. The Morgan fingerprint density at radius 1 is 0.895 bits per heavy atom. The molecule has 0 saturated heterocycles. The first-order valence-corrected chi connectivity index (χ1v) is 6.83. The van der Waals surface area contributed by atoms with Gasteiger partial charge in [0.15, 0.2) is 0 Å². The molecule has 0 aromatic heterocycles. The number of fused-ring (bicyclic) bond motifs is 1. The van der Waals surface area contributed by atoms with Crippen molar-refractivity contribution in [2.24, 2.45) is 0 Å². The van der Waals surface area contributed by atoms with E-state index in [4.69, 9.17) is 4.74 Å². The highest BCUT2D eigenvalue weighted by molar-refractivity contribution is 5.28. The van der Waals surface area contributed by atoms with Crippen molar-refractivity contribution >= 4 is 0 Å². The standard InChI is InChI=1S/C17H20NO/c1-18(11-12-19-17-9-3-2-4-10-17)13-15-7-5-6-8-16(15)14-18/h2-10H,11-14H2,1H3/q+1. The molecule has 0 unspecified atom stereocenters. The van der Waals surface area contributed by atoms with E-state index in [1.54, 1.807) is 0 Å². The molecule has 2 nitrogen and oxygen atoms in total. The predicted octanol–water partition coefficient (Wildman–Crippen LogP) is 3.23. The van der Waals surface area contributed by atoms with E-state index in [2.05, 4.69) is 31.3 Å². The van der Waals surface area contributed by atoms with Gasteiger partial charge in [0.2, 0.25) is 0 Å². The van der Waals surface area contributed by atoms with E-state index in [0.717, 1.165) is 36.5 Å². The first kappa shape index (κ1) is 12.2.